The Morgan fingerprint density at radius 1 is 1.25 bits per heavy atom. The molecule has 0 aromatic carbocycles. The van der Waals surface area contributed by atoms with Crippen LogP contribution in [-0.2, 0) is 4.74 Å². The van der Waals surface area contributed by atoms with E-state index in [4.69, 9.17) is 4.74 Å². The van der Waals surface area contributed by atoms with Crippen LogP contribution in [0.4, 0.5) is 0 Å². The largest absolute Gasteiger partial charge is 0.501 e. The Bertz CT molecular complexity index is 814. The van der Waals surface area contributed by atoms with Crippen molar-refractivity contribution in [2.45, 2.75) is 13.3 Å². The second kappa shape index (κ2) is 4.19. The van der Waals surface area contributed by atoms with Crippen molar-refractivity contribution < 1.29 is 4.74 Å². The van der Waals surface area contributed by atoms with E-state index in [9.17, 15) is 0 Å². The SMILES string of the molecule is Cc1ccn2ncc(-n3cc(C4=COCC4)cn3)c2n1. The summed E-state index contributed by atoms with van der Waals surface area (Å²) < 4.78 is 8.83. The summed E-state index contributed by atoms with van der Waals surface area (Å²) in [7, 11) is 0. The maximum Gasteiger partial charge on any atom is 0.181 e. The van der Waals surface area contributed by atoms with Gasteiger partial charge in [-0.2, -0.15) is 10.2 Å². The van der Waals surface area contributed by atoms with Crippen molar-refractivity contribution in [2.24, 2.45) is 0 Å². The molecule has 0 spiro atoms. The van der Waals surface area contributed by atoms with Crippen LogP contribution in [-0.4, -0.2) is 31.0 Å². The third-order valence-electron chi connectivity index (χ3n) is 3.40. The Labute approximate surface area is 115 Å². The molecule has 1 aliphatic heterocycles. The fraction of sp³-hybridized carbons (Fsp3) is 0.214. The molecule has 100 valence electrons. The fourth-order valence-corrected chi connectivity index (χ4v) is 2.33. The predicted molar refractivity (Wildman–Crippen MR) is 73.4 cm³/mol. The van der Waals surface area contributed by atoms with E-state index in [1.54, 1.807) is 17.0 Å². The van der Waals surface area contributed by atoms with Crippen LogP contribution in [0.25, 0.3) is 16.9 Å². The highest BCUT2D eigenvalue weighted by Crippen LogP contribution is 2.24. The predicted octanol–water partition coefficient (Wildman–Crippen LogP) is 1.98. The van der Waals surface area contributed by atoms with Gasteiger partial charge < -0.3 is 4.74 Å². The molecule has 0 amide bonds. The first-order valence-electron chi connectivity index (χ1n) is 6.48. The second-order valence-corrected chi connectivity index (χ2v) is 4.80. The summed E-state index contributed by atoms with van der Waals surface area (Å²) in [5, 5.41) is 8.71. The van der Waals surface area contributed by atoms with Gasteiger partial charge in [-0.15, -0.1) is 0 Å². The molecule has 3 aromatic heterocycles. The van der Waals surface area contributed by atoms with Crippen LogP contribution in [0.2, 0.25) is 0 Å². The lowest BCUT2D eigenvalue weighted by atomic mass is 10.1. The van der Waals surface area contributed by atoms with E-state index in [0.717, 1.165) is 35.6 Å². The molecule has 0 atom stereocenters. The number of aromatic nitrogens is 5. The van der Waals surface area contributed by atoms with Crippen molar-refractivity contribution in [2.75, 3.05) is 6.61 Å². The average Bonchev–Trinajstić information content (AvgIpc) is 3.17. The van der Waals surface area contributed by atoms with Crippen LogP contribution in [0.15, 0.2) is 37.1 Å². The Morgan fingerprint density at radius 2 is 2.20 bits per heavy atom. The summed E-state index contributed by atoms with van der Waals surface area (Å²) in [4.78, 5) is 4.52. The molecule has 4 rings (SSSR count). The first-order chi connectivity index (χ1) is 9.81. The number of hydrogen-bond acceptors (Lipinski definition) is 4. The number of rotatable bonds is 2. The van der Waals surface area contributed by atoms with Gasteiger partial charge in [0.1, 0.15) is 5.69 Å². The standard InChI is InChI=1S/C14H13N5O/c1-10-2-4-18-14(17-10)13(7-16-18)19-8-12(6-15-19)11-3-5-20-9-11/h2,4,6-9H,3,5H2,1H3. The van der Waals surface area contributed by atoms with Gasteiger partial charge in [-0.3, -0.25) is 0 Å². The molecule has 6 nitrogen and oxygen atoms in total. The van der Waals surface area contributed by atoms with Gasteiger partial charge in [0, 0.05) is 35.6 Å². The number of fused-ring (bicyclic) bond motifs is 1. The van der Waals surface area contributed by atoms with Crippen molar-refractivity contribution in [1.82, 2.24) is 24.4 Å². The molecule has 20 heavy (non-hydrogen) atoms. The van der Waals surface area contributed by atoms with Gasteiger partial charge in [0.15, 0.2) is 5.65 Å². The summed E-state index contributed by atoms with van der Waals surface area (Å²) in [6.07, 6.45) is 10.2. The molecule has 3 aromatic rings. The molecular formula is C14H13N5O. The van der Waals surface area contributed by atoms with E-state index in [1.165, 1.54) is 5.57 Å². The average molecular weight is 267 g/mol. The summed E-state index contributed by atoms with van der Waals surface area (Å²) in [6.45, 7) is 2.71. The monoisotopic (exact) mass is 267 g/mol. The fourth-order valence-electron chi connectivity index (χ4n) is 2.33. The van der Waals surface area contributed by atoms with E-state index in [0.29, 0.717) is 0 Å². The minimum Gasteiger partial charge on any atom is -0.501 e. The normalized spacial score (nSPS) is 14.6. The maximum atomic E-state index is 5.27. The van der Waals surface area contributed by atoms with Crippen molar-refractivity contribution in [3.63, 3.8) is 0 Å². The van der Waals surface area contributed by atoms with E-state index in [-0.39, 0.29) is 0 Å². The Kier molecular flexibility index (Phi) is 2.35. The van der Waals surface area contributed by atoms with Crippen LogP contribution in [0.1, 0.15) is 17.7 Å². The number of ether oxygens (including phenoxy) is 1. The lowest BCUT2D eigenvalue weighted by Crippen LogP contribution is -1.97. The van der Waals surface area contributed by atoms with E-state index in [1.807, 2.05) is 36.3 Å². The van der Waals surface area contributed by atoms with Crippen LogP contribution < -0.4 is 0 Å². The van der Waals surface area contributed by atoms with Gasteiger partial charge in [0.2, 0.25) is 0 Å². The van der Waals surface area contributed by atoms with Crippen LogP contribution in [0, 0.1) is 6.92 Å². The zero-order chi connectivity index (χ0) is 13.5. The highest BCUT2D eigenvalue weighted by atomic mass is 16.5. The molecule has 4 heterocycles. The molecule has 0 bridgehead atoms. The topological polar surface area (TPSA) is 57.2 Å². The van der Waals surface area contributed by atoms with Crippen molar-refractivity contribution in [1.29, 1.82) is 0 Å². The molecule has 0 saturated carbocycles. The molecule has 0 N–H and O–H groups in total. The van der Waals surface area contributed by atoms with Crippen molar-refractivity contribution in [3.8, 4) is 5.69 Å². The van der Waals surface area contributed by atoms with Crippen LogP contribution >= 0.6 is 0 Å². The van der Waals surface area contributed by atoms with Gasteiger partial charge in [-0.05, 0) is 13.0 Å². The maximum absolute atomic E-state index is 5.27. The molecule has 6 heteroatoms. The second-order valence-electron chi connectivity index (χ2n) is 4.80. The summed E-state index contributed by atoms with van der Waals surface area (Å²) in [5.74, 6) is 0. The molecule has 1 aliphatic rings. The third kappa shape index (κ3) is 1.69. The molecule has 0 unspecified atom stereocenters. The Hall–Kier alpha value is -2.63. The number of aryl methyl sites for hydroxylation is 1. The van der Waals surface area contributed by atoms with Gasteiger partial charge in [-0.1, -0.05) is 0 Å². The van der Waals surface area contributed by atoms with E-state index in [2.05, 4.69) is 15.2 Å². The zero-order valence-electron chi connectivity index (χ0n) is 11.0. The van der Waals surface area contributed by atoms with Crippen molar-refractivity contribution in [3.05, 3.63) is 48.4 Å². The summed E-state index contributed by atoms with van der Waals surface area (Å²) >= 11 is 0. The molecule has 0 fully saturated rings. The first kappa shape index (κ1) is 11.2. The highest BCUT2D eigenvalue weighted by molar-refractivity contribution is 5.66. The summed E-state index contributed by atoms with van der Waals surface area (Å²) in [6, 6.07) is 1.93. The molecule has 0 saturated heterocycles. The van der Waals surface area contributed by atoms with E-state index >= 15 is 0 Å². The number of nitrogens with zero attached hydrogens (tertiary/aromatic N) is 5. The molecule has 0 radical (unpaired) electrons. The van der Waals surface area contributed by atoms with Gasteiger partial charge in [0.25, 0.3) is 0 Å². The Morgan fingerprint density at radius 3 is 3.05 bits per heavy atom. The zero-order valence-corrected chi connectivity index (χ0v) is 11.0. The molecular weight excluding hydrogens is 254 g/mol. The third-order valence-corrected chi connectivity index (χ3v) is 3.40. The minimum atomic E-state index is 0.748. The first-order valence-corrected chi connectivity index (χ1v) is 6.48. The summed E-state index contributed by atoms with van der Waals surface area (Å²) in [5.41, 5.74) is 4.89. The van der Waals surface area contributed by atoms with E-state index < -0.39 is 0 Å². The van der Waals surface area contributed by atoms with Gasteiger partial charge >= 0.3 is 0 Å². The molecule has 0 aliphatic carbocycles. The van der Waals surface area contributed by atoms with Crippen LogP contribution in [0.3, 0.4) is 0 Å². The highest BCUT2D eigenvalue weighted by Gasteiger charge is 2.13. The lowest BCUT2D eigenvalue weighted by Gasteiger charge is -1.99. The van der Waals surface area contributed by atoms with Crippen molar-refractivity contribution >= 4 is 11.2 Å². The smallest absolute Gasteiger partial charge is 0.181 e. The van der Waals surface area contributed by atoms with Crippen LogP contribution in [0.5, 0.6) is 0 Å². The van der Waals surface area contributed by atoms with Gasteiger partial charge in [0.05, 0.1) is 25.3 Å². The van der Waals surface area contributed by atoms with Gasteiger partial charge in [-0.25, -0.2) is 14.2 Å². The minimum absolute atomic E-state index is 0.748. The Balaban J connectivity index is 1.81. The lowest BCUT2D eigenvalue weighted by molar-refractivity contribution is 0.281. The quantitative estimate of drug-likeness (QED) is 0.712. The number of hydrogen-bond donors (Lipinski definition) is 0.